The smallest absolute Gasteiger partial charge is 0.236 e. The van der Waals surface area contributed by atoms with Crippen molar-refractivity contribution in [1.82, 2.24) is 4.98 Å². The predicted molar refractivity (Wildman–Crippen MR) is 79.6 cm³/mol. The molecular weight excluding hydrogens is 274 g/mol. The Bertz CT molecular complexity index is 682. The molecule has 0 atom stereocenters. The average Bonchev–Trinajstić information content (AvgIpc) is 2.41. The molecule has 0 aliphatic carbocycles. The van der Waals surface area contributed by atoms with Gasteiger partial charge in [0.1, 0.15) is 0 Å². The molecule has 0 spiro atoms. The van der Waals surface area contributed by atoms with E-state index in [1.807, 2.05) is 13.0 Å². The highest BCUT2D eigenvalue weighted by Crippen LogP contribution is 2.13. The minimum Gasteiger partial charge on any atom is -0.326 e. The van der Waals surface area contributed by atoms with Crippen LogP contribution in [-0.2, 0) is 22.3 Å². The summed E-state index contributed by atoms with van der Waals surface area (Å²) in [4.78, 5) is 4.05. The van der Waals surface area contributed by atoms with Gasteiger partial charge in [-0.2, -0.15) is 0 Å². The van der Waals surface area contributed by atoms with Gasteiger partial charge in [0.05, 0.1) is 17.6 Å². The van der Waals surface area contributed by atoms with E-state index in [1.165, 1.54) is 6.20 Å². The maximum atomic E-state index is 12.1. The lowest BCUT2D eigenvalue weighted by Crippen LogP contribution is -2.15. The summed E-state index contributed by atoms with van der Waals surface area (Å²) in [7, 11) is -3.46. The highest BCUT2D eigenvalue weighted by atomic mass is 32.2. The minimum atomic E-state index is -3.46. The minimum absolute atomic E-state index is 0.0886. The number of sulfonamides is 1. The molecule has 1 aromatic heterocycles. The molecule has 6 heteroatoms. The van der Waals surface area contributed by atoms with Crippen LogP contribution < -0.4 is 10.5 Å². The van der Waals surface area contributed by atoms with Crippen LogP contribution in [0.25, 0.3) is 0 Å². The Kier molecular flexibility index (Phi) is 4.36. The first kappa shape index (κ1) is 14.5. The Morgan fingerprint density at radius 2 is 1.95 bits per heavy atom. The van der Waals surface area contributed by atoms with E-state index in [-0.39, 0.29) is 5.75 Å². The number of nitrogens with one attached hydrogen (secondary N) is 1. The third-order valence-electron chi connectivity index (χ3n) is 2.77. The molecule has 5 nitrogen and oxygen atoms in total. The van der Waals surface area contributed by atoms with Crippen LogP contribution in [0.3, 0.4) is 0 Å². The molecule has 1 aromatic carbocycles. The Labute approximate surface area is 118 Å². The van der Waals surface area contributed by atoms with Gasteiger partial charge < -0.3 is 5.73 Å². The summed E-state index contributed by atoms with van der Waals surface area (Å²) in [5.41, 5.74) is 8.47. The lowest BCUT2D eigenvalue weighted by Gasteiger charge is -2.08. The highest BCUT2D eigenvalue weighted by Gasteiger charge is 2.12. The molecule has 106 valence electrons. The van der Waals surface area contributed by atoms with Gasteiger partial charge >= 0.3 is 0 Å². The lowest BCUT2D eigenvalue weighted by atomic mass is 10.1. The molecule has 20 heavy (non-hydrogen) atoms. The third-order valence-corrected chi connectivity index (χ3v) is 4.03. The Morgan fingerprint density at radius 3 is 2.60 bits per heavy atom. The molecular formula is C14H17N3O2S. The highest BCUT2D eigenvalue weighted by molar-refractivity contribution is 7.91. The van der Waals surface area contributed by atoms with E-state index in [4.69, 9.17) is 5.73 Å². The van der Waals surface area contributed by atoms with Gasteiger partial charge in [0.25, 0.3) is 0 Å². The molecule has 1 heterocycles. The van der Waals surface area contributed by atoms with E-state index >= 15 is 0 Å². The van der Waals surface area contributed by atoms with Gasteiger partial charge in [-0.25, -0.2) is 8.42 Å². The quantitative estimate of drug-likeness (QED) is 0.879. The largest absolute Gasteiger partial charge is 0.326 e. The normalized spacial score (nSPS) is 11.3. The average molecular weight is 291 g/mol. The van der Waals surface area contributed by atoms with Crippen LogP contribution >= 0.6 is 0 Å². The first-order valence-electron chi connectivity index (χ1n) is 6.19. The zero-order valence-corrected chi connectivity index (χ0v) is 12.0. The van der Waals surface area contributed by atoms with Crippen LogP contribution in [0.4, 0.5) is 5.69 Å². The molecule has 0 saturated carbocycles. The van der Waals surface area contributed by atoms with Crippen molar-refractivity contribution in [3.63, 3.8) is 0 Å². The topological polar surface area (TPSA) is 85.1 Å². The van der Waals surface area contributed by atoms with Crippen LogP contribution in [0.1, 0.15) is 16.8 Å². The van der Waals surface area contributed by atoms with Crippen LogP contribution in [0.2, 0.25) is 0 Å². The summed E-state index contributed by atoms with van der Waals surface area (Å²) in [6.45, 7) is 2.24. The maximum absolute atomic E-state index is 12.1. The zero-order valence-electron chi connectivity index (χ0n) is 11.2. The van der Waals surface area contributed by atoms with Crippen molar-refractivity contribution in [3.05, 3.63) is 59.4 Å². The predicted octanol–water partition coefficient (Wildman–Crippen LogP) is 1.79. The first-order valence-corrected chi connectivity index (χ1v) is 7.85. The molecule has 0 bridgehead atoms. The second-order valence-electron chi connectivity index (χ2n) is 4.57. The van der Waals surface area contributed by atoms with Gasteiger partial charge in [0, 0.05) is 12.2 Å². The molecule has 0 saturated heterocycles. The van der Waals surface area contributed by atoms with E-state index in [0.717, 1.165) is 11.3 Å². The van der Waals surface area contributed by atoms with Crippen LogP contribution in [0.15, 0.2) is 42.6 Å². The number of rotatable bonds is 5. The number of pyridine rings is 1. The van der Waals surface area contributed by atoms with Gasteiger partial charge in [-0.05, 0) is 30.2 Å². The lowest BCUT2D eigenvalue weighted by molar-refractivity contribution is 0.600. The molecule has 0 aliphatic heterocycles. The number of nitrogens with zero attached hydrogens (tertiary/aromatic N) is 1. The molecule has 0 radical (unpaired) electrons. The standard InChI is InChI=1S/C14H17N3O2S/c1-11-5-6-14(9-16-11)17-20(18,19)10-13-4-2-3-12(7-13)8-15/h2-7,9,17H,8,10,15H2,1H3. The van der Waals surface area contributed by atoms with Gasteiger partial charge in [-0.1, -0.05) is 24.3 Å². The summed E-state index contributed by atoms with van der Waals surface area (Å²) in [6.07, 6.45) is 1.50. The second kappa shape index (κ2) is 6.02. The number of benzene rings is 1. The number of aryl methyl sites for hydroxylation is 1. The molecule has 0 fully saturated rings. The van der Waals surface area contributed by atoms with E-state index in [1.54, 1.807) is 30.3 Å². The van der Waals surface area contributed by atoms with Crippen molar-refractivity contribution in [3.8, 4) is 0 Å². The van der Waals surface area contributed by atoms with Crippen molar-refractivity contribution < 1.29 is 8.42 Å². The van der Waals surface area contributed by atoms with Gasteiger partial charge in [0.15, 0.2) is 0 Å². The van der Waals surface area contributed by atoms with Gasteiger partial charge in [-0.3, -0.25) is 9.71 Å². The van der Waals surface area contributed by atoms with E-state index in [2.05, 4.69) is 9.71 Å². The number of hydrogen-bond acceptors (Lipinski definition) is 4. The SMILES string of the molecule is Cc1ccc(NS(=O)(=O)Cc2cccc(CN)c2)cn1. The number of aromatic nitrogens is 1. The first-order chi connectivity index (χ1) is 9.48. The van der Waals surface area contributed by atoms with Gasteiger partial charge in [0.2, 0.25) is 10.0 Å². The van der Waals surface area contributed by atoms with E-state index in [0.29, 0.717) is 17.8 Å². The number of anilines is 1. The summed E-state index contributed by atoms with van der Waals surface area (Å²) >= 11 is 0. The van der Waals surface area contributed by atoms with Crippen molar-refractivity contribution in [2.75, 3.05) is 4.72 Å². The Balaban J connectivity index is 2.12. The second-order valence-corrected chi connectivity index (χ2v) is 6.30. The summed E-state index contributed by atoms with van der Waals surface area (Å²) in [5, 5.41) is 0. The Morgan fingerprint density at radius 1 is 1.20 bits per heavy atom. The molecule has 3 N–H and O–H groups in total. The summed E-state index contributed by atoms with van der Waals surface area (Å²) in [6, 6.07) is 10.7. The maximum Gasteiger partial charge on any atom is 0.236 e. The molecule has 0 aliphatic rings. The van der Waals surface area contributed by atoms with Gasteiger partial charge in [-0.15, -0.1) is 0 Å². The fraction of sp³-hybridized carbons (Fsp3) is 0.214. The van der Waals surface area contributed by atoms with Crippen molar-refractivity contribution in [2.24, 2.45) is 5.73 Å². The van der Waals surface area contributed by atoms with Crippen LogP contribution in [-0.4, -0.2) is 13.4 Å². The summed E-state index contributed by atoms with van der Waals surface area (Å²) in [5.74, 6) is -0.0886. The zero-order chi connectivity index (χ0) is 14.6. The van der Waals surface area contributed by atoms with E-state index in [9.17, 15) is 8.42 Å². The van der Waals surface area contributed by atoms with Crippen molar-refractivity contribution in [1.29, 1.82) is 0 Å². The molecule has 0 unspecified atom stereocenters. The number of nitrogens with two attached hydrogens (primary N) is 1. The molecule has 2 aromatic rings. The fourth-order valence-electron chi connectivity index (χ4n) is 1.81. The molecule has 0 amide bonds. The summed E-state index contributed by atoms with van der Waals surface area (Å²) < 4.78 is 26.7. The Hall–Kier alpha value is -1.92. The monoisotopic (exact) mass is 291 g/mol. The molecule has 2 rings (SSSR count). The van der Waals surface area contributed by atoms with Crippen LogP contribution in [0.5, 0.6) is 0 Å². The van der Waals surface area contributed by atoms with Crippen molar-refractivity contribution >= 4 is 15.7 Å². The van der Waals surface area contributed by atoms with Crippen LogP contribution in [0, 0.1) is 6.92 Å². The van der Waals surface area contributed by atoms with E-state index < -0.39 is 10.0 Å². The third kappa shape index (κ3) is 4.04. The number of hydrogen-bond donors (Lipinski definition) is 2. The van der Waals surface area contributed by atoms with Crippen molar-refractivity contribution in [2.45, 2.75) is 19.2 Å². The fourth-order valence-corrected chi connectivity index (χ4v) is 2.98.